The zero-order valence-electron chi connectivity index (χ0n) is 10.6. The normalized spacial score (nSPS) is 10.2. The van der Waals surface area contributed by atoms with Gasteiger partial charge in [0.25, 0.3) is 5.91 Å². The number of hydrogen-bond donors (Lipinski definition) is 2. The van der Waals surface area contributed by atoms with E-state index in [0.29, 0.717) is 20.8 Å². The molecule has 1 heterocycles. The van der Waals surface area contributed by atoms with Crippen LogP contribution in [0.3, 0.4) is 0 Å². The van der Waals surface area contributed by atoms with Crippen LogP contribution in [0.4, 0.5) is 5.69 Å². The Morgan fingerprint density at radius 2 is 2.00 bits per heavy atom. The first-order valence-corrected chi connectivity index (χ1v) is 8.00. The number of carboxylic acids is 1. The molecule has 2 N–H and O–H groups in total. The molecule has 0 spiro atoms. The van der Waals surface area contributed by atoms with Crippen LogP contribution in [0.25, 0.3) is 0 Å². The summed E-state index contributed by atoms with van der Waals surface area (Å²) in [5.41, 5.74) is 0.822. The number of thiophene rings is 1. The van der Waals surface area contributed by atoms with E-state index in [0.717, 1.165) is 3.79 Å². The van der Waals surface area contributed by atoms with E-state index in [1.54, 1.807) is 6.07 Å². The van der Waals surface area contributed by atoms with E-state index < -0.39 is 5.97 Å². The van der Waals surface area contributed by atoms with Crippen LogP contribution in [0.1, 0.15) is 20.7 Å². The number of nitrogens with one attached hydrogen (secondary N) is 1. The minimum Gasteiger partial charge on any atom is -0.495 e. The van der Waals surface area contributed by atoms with Gasteiger partial charge in [0.2, 0.25) is 0 Å². The zero-order chi connectivity index (χ0) is 15.6. The summed E-state index contributed by atoms with van der Waals surface area (Å²) in [7, 11) is 1.45. The molecule has 8 heteroatoms. The van der Waals surface area contributed by atoms with Crippen LogP contribution in [0.2, 0.25) is 0 Å². The second-order valence-corrected chi connectivity index (χ2v) is 7.66. The van der Waals surface area contributed by atoms with Gasteiger partial charge in [-0.1, -0.05) is 0 Å². The molecule has 0 saturated heterocycles. The molecule has 2 aromatic rings. The summed E-state index contributed by atoms with van der Waals surface area (Å²) in [6, 6.07) is 5.94. The van der Waals surface area contributed by atoms with Gasteiger partial charge in [0.05, 0.1) is 31.5 Å². The molecule has 0 aliphatic heterocycles. The maximum atomic E-state index is 12.2. The fourth-order valence-electron chi connectivity index (χ4n) is 1.62. The Labute approximate surface area is 141 Å². The molecule has 0 bridgehead atoms. The molecule has 1 aromatic carbocycles. The summed E-state index contributed by atoms with van der Waals surface area (Å²) in [6.07, 6.45) is 0. The van der Waals surface area contributed by atoms with Crippen LogP contribution < -0.4 is 10.1 Å². The molecule has 110 valence electrons. The number of benzene rings is 1. The van der Waals surface area contributed by atoms with Crippen molar-refractivity contribution in [3.05, 3.63) is 43.0 Å². The largest absolute Gasteiger partial charge is 0.495 e. The summed E-state index contributed by atoms with van der Waals surface area (Å²) in [4.78, 5) is 23.2. The third kappa shape index (κ3) is 3.63. The molecule has 1 aromatic heterocycles. The Morgan fingerprint density at radius 3 is 2.52 bits per heavy atom. The zero-order valence-corrected chi connectivity index (χ0v) is 14.6. The number of ether oxygens (including phenoxy) is 1. The summed E-state index contributed by atoms with van der Waals surface area (Å²) in [5, 5.41) is 11.7. The lowest BCUT2D eigenvalue weighted by molar-refractivity contribution is 0.0696. The van der Waals surface area contributed by atoms with Crippen molar-refractivity contribution in [2.45, 2.75) is 0 Å². The standard InChI is InChI=1S/C13H9Br2NO4S/c1-20-9-3-2-6(13(18)19)4-8(9)16-12(17)7-5-10(14)21-11(7)15/h2-5H,1H3,(H,16,17)(H,18,19). The maximum absolute atomic E-state index is 12.2. The molecule has 5 nitrogen and oxygen atoms in total. The number of anilines is 1. The molecular weight excluding hydrogens is 426 g/mol. The number of carbonyl (C=O) groups excluding carboxylic acids is 1. The van der Waals surface area contributed by atoms with Gasteiger partial charge in [-0.3, -0.25) is 4.79 Å². The molecule has 0 unspecified atom stereocenters. The van der Waals surface area contributed by atoms with E-state index >= 15 is 0 Å². The van der Waals surface area contributed by atoms with Gasteiger partial charge in [-0.25, -0.2) is 4.79 Å². The van der Waals surface area contributed by atoms with Gasteiger partial charge in [0.15, 0.2) is 0 Å². The lowest BCUT2D eigenvalue weighted by Gasteiger charge is -2.10. The SMILES string of the molecule is COc1ccc(C(=O)O)cc1NC(=O)c1cc(Br)sc1Br. The van der Waals surface area contributed by atoms with Crippen molar-refractivity contribution in [2.75, 3.05) is 12.4 Å². The predicted octanol–water partition coefficient (Wildman–Crippen LogP) is 4.23. The summed E-state index contributed by atoms with van der Waals surface area (Å²) in [5.74, 6) is -1.05. The van der Waals surface area contributed by atoms with Crippen LogP contribution in [0, 0.1) is 0 Å². The molecule has 0 atom stereocenters. The number of hydrogen-bond acceptors (Lipinski definition) is 4. The van der Waals surface area contributed by atoms with Crippen molar-refractivity contribution in [2.24, 2.45) is 0 Å². The molecule has 0 fully saturated rings. The predicted molar refractivity (Wildman–Crippen MR) is 87.6 cm³/mol. The first-order chi connectivity index (χ1) is 9.92. The topological polar surface area (TPSA) is 75.6 Å². The molecule has 0 aliphatic rings. The van der Waals surface area contributed by atoms with E-state index in [2.05, 4.69) is 37.2 Å². The Balaban J connectivity index is 2.33. The third-order valence-corrected chi connectivity index (χ3v) is 4.94. The van der Waals surface area contributed by atoms with Gasteiger partial charge in [0, 0.05) is 0 Å². The minimum absolute atomic E-state index is 0.0664. The fraction of sp³-hybridized carbons (Fsp3) is 0.0769. The molecule has 0 saturated carbocycles. The van der Waals surface area contributed by atoms with Gasteiger partial charge >= 0.3 is 5.97 Å². The Bertz CT molecular complexity index is 714. The average Bonchev–Trinajstić information content (AvgIpc) is 2.77. The van der Waals surface area contributed by atoms with Gasteiger partial charge in [-0.05, 0) is 56.1 Å². The van der Waals surface area contributed by atoms with Crippen molar-refractivity contribution >= 4 is 60.8 Å². The average molecular weight is 435 g/mol. The third-order valence-electron chi connectivity index (χ3n) is 2.60. The van der Waals surface area contributed by atoms with E-state index in [1.165, 1.54) is 36.6 Å². The Kier molecular flexibility index (Phi) is 5.02. The monoisotopic (exact) mass is 433 g/mol. The number of carbonyl (C=O) groups is 2. The smallest absolute Gasteiger partial charge is 0.335 e. The minimum atomic E-state index is -1.08. The van der Waals surface area contributed by atoms with E-state index in [1.807, 2.05) is 0 Å². The van der Waals surface area contributed by atoms with Gasteiger partial charge in [0.1, 0.15) is 5.75 Å². The van der Waals surface area contributed by atoms with Crippen molar-refractivity contribution in [3.8, 4) is 5.75 Å². The van der Waals surface area contributed by atoms with Gasteiger partial charge in [-0.2, -0.15) is 0 Å². The second-order valence-electron chi connectivity index (χ2n) is 3.91. The number of methoxy groups -OCH3 is 1. The van der Waals surface area contributed by atoms with Gasteiger partial charge < -0.3 is 15.2 Å². The fourth-order valence-corrected chi connectivity index (χ4v) is 4.42. The van der Waals surface area contributed by atoms with Crippen LogP contribution in [-0.4, -0.2) is 24.1 Å². The van der Waals surface area contributed by atoms with Crippen molar-refractivity contribution in [3.63, 3.8) is 0 Å². The summed E-state index contributed by atoms with van der Waals surface area (Å²) < 4.78 is 6.62. The first-order valence-electron chi connectivity index (χ1n) is 5.60. The molecule has 21 heavy (non-hydrogen) atoms. The van der Waals surface area contributed by atoms with Crippen molar-refractivity contribution in [1.29, 1.82) is 0 Å². The van der Waals surface area contributed by atoms with Crippen LogP contribution in [0.15, 0.2) is 31.8 Å². The van der Waals surface area contributed by atoms with Crippen molar-refractivity contribution < 1.29 is 19.4 Å². The number of aromatic carboxylic acids is 1. The van der Waals surface area contributed by atoms with Crippen LogP contribution >= 0.6 is 43.2 Å². The highest BCUT2D eigenvalue weighted by molar-refractivity contribution is 9.12. The maximum Gasteiger partial charge on any atom is 0.335 e. The summed E-state index contributed by atoms with van der Waals surface area (Å²) >= 11 is 7.98. The Hall–Kier alpha value is -1.38. The van der Waals surface area contributed by atoms with Crippen LogP contribution in [0.5, 0.6) is 5.75 Å². The lowest BCUT2D eigenvalue weighted by Crippen LogP contribution is -2.13. The first kappa shape index (κ1) is 16.0. The quantitative estimate of drug-likeness (QED) is 0.754. The Morgan fingerprint density at radius 1 is 1.29 bits per heavy atom. The molecule has 2 rings (SSSR count). The van der Waals surface area contributed by atoms with Gasteiger partial charge in [-0.15, -0.1) is 11.3 Å². The summed E-state index contributed by atoms with van der Waals surface area (Å²) in [6.45, 7) is 0. The van der Waals surface area contributed by atoms with E-state index in [4.69, 9.17) is 9.84 Å². The second kappa shape index (κ2) is 6.59. The molecular formula is C13H9Br2NO4S. The number of halogens is 2. The number of carboxylic acid groups (broad SMARTS) is 1. The lowest BCUT2D eigenvalue weighted by atomic mass is 10.2. The molecule has 0 aliphatic carbocycles. The highest BCUT2D eigenvalue weighted by atomic mass is 79.9. The van der Waals surface area contributed by atoms with Crippen molar-refractivity contribution in [1.82, 2.24) is 0 Å². The molecule has 0 radical (unpaired) electrons. The number of amides is 1. The highest BCUT2D eigenvalue weighted by Crippen LogP contribution is 2.33. The molecule has 1 amide bonds. The highest BCUT2D eigenvalue weighted by Gasteiger charge is 2.17. The van der Waals surface area contributed by atoms with Crippen LogP contribution in [-0.2, 0) is 0 Å². The van der Waals surface area contributed by atoms with E-state index in [9.17, 15) is 9.59 Å². The van der Waals surface area contributed by atoms with E-state index in [-0.39, 0.29) is 11.5 Å². The number of rotatable bonds is 4.